The van der Waals surface area contributed by atoms with E-state index in [-0.39, 0.29) is 45.7 Å². The van der Waals surface area contributed by atoms with E-state index in [0.717, 1.165) is 12.1 Å². The highest BCUT2D eigenvalue weighted by atomic mass is 16.3. The van der Waals surface area contributed by atoms with E-state index >= 15 is 0 Å². The highest BCUT2D eigenvalue weighted by Crippen LogP contribution is 2.31. The Morgan fingerprint density at radius 3 is 1.45 bits per heavy atom. The number of rotatable bonds is 0. The van der Waals surface area contributed by atoms with E-state index in [4.69, 9.17) is 43.4 Å². The summed E-state index contributed by atoms with van der Waals surface area (Å²) in [6.07, 6.45) is 0. The summed E-state index contributed by atoms with van der Waals surface area (Å²) >= 11 is 0. The smallest absolute Gasteiger partial charge is 0.144 e. The van der Waals surface area contributed by atoms with E-state index in [1.807, 2.05) is 0 Å². The molecule has 0 saturated heterocycles. The van der Waals surface area contributed by atoms with Gasteiger partial charge in [-0.2, -0.15) is 0 Å². The van der Waals surface area contributed by atoms with Crippen molar-refractivity contribution in [3.8, 4) is 23.0 Å². The number of hydrogen-bond donors (Lipinski definition) is 8. The number of aromatic hydroxyl groups is 4. The topological polar surface area (TPSA) is 185 Å². The van der Waals surface area contributed by atoms with E-state index < -0.39 is 0 Å². The molecule has 0 bridgehead atoms. The summed E-state index contributed by atoms with van der Waals surface area (Å²) in [5.41, 5.74) is 21.6. The van der Waals surface area contributed by atoms with Crippen molar-refractivity contribution in [1.29, 1.82) is 0 Å². The summed E-state index contributed by atoms with van der Waals surface area (Å²) < 4.78 is 0. The van der Waals surface area contributed by atoms with Crippen molar-refractivity contribution in [2.45, 2.75) is 0 Å². The van der Waals surface area contributed by atoms with Gasteiger partial charge in [0.25, 0.3) is 0 Å². The minimum Gasteiger partial charge on any atom is -0.508 e. The number of phenolic OH excluding ortho intramolecular Hbond substituents is 4. The van der Waals surface area contributed by atoms with Crippen molar-refractivity contribution in [2.75, 3.05) is 22.9 Å². The van der Waals surface area contributed by atoms with Gasteiger partial charge in [-0.1, -0.05) is 0 Å². The standard InChI is InChI=1S/2C6H8N2O2/c7-3-1-4(8)6(10)2-5(3)9;7-4-1-3(9)2-5(10)6(4)8/h2*1-2,9-10H,7-8H2. The third-order valence-corrected chi connectivity index (χ3v) is 2.35. The number of nitrogens with two attached hydrogens (primary N) is 4. The maximum atomic E-state index is 8.92. The third-order valence-electron chi connectivity index (χ3n) is 2.35. The normalized spacial score (nSPS) is 9.60. The fourth-order valence-electron chi connectivity index (χ4n) is 1.26. The van der Waals surface area contributed by atoms with Crippen molar-refractivity contribution in [3.05, 3.63) is 24.3 Å². The van der Waals surface area contributed by atoms with Gasteiger partial charge in [0, 0.05) is 18.2 Å². The monoisotopic (exact) mass is 280 g/mol. The zero-order valence-corrected chi connectivity index (χ0v) is 10.4. The molecule has 0 atom stereocenters. The summed E-state index contributed by atoms with van der Waals surface area (Å²) in [5.74, 6) is -0.611. The number of nitrogen functional groups attached to an aromatic ring is 4. The minimum absolute atomic E-state index is 0.0933. The van der Waals surface area contributed by atoms with Crippen molar-refractivity contribution in [3.63, 3.8) is 0 Å². The van der Waals surface area contributed by atoms with E-state index in [9.17, 15) is 0 Å². The largest absolute Gasteiger partial charge is 0.508 e. The molecule has 0 unspecified atom stereocenters. The van der Waals surface area contributed by atoms with Crippen LogP contribution in [0.5, 0.6) is 23.0 Å². The van der Waals surface area contributed by atoms with Gasteiger partial charge in [-0.15, -0.1) is 0 Å². The van der Waals surface area contributed by atoms with Crippen LogP contribution in [0.1, 0.15) is 0 Å². The first-order valence-electron chi connectivity index (χ1n) is 5.36. The maximum absolute atomic E-state index is 8.92. The summed E-state index contributed by atoms with van der Waals surface area (Å²) in [5, 5.41) is 35.5. The molecule has 8 heteroatoms. The molecular formula is C12H16N4O4. The average molecular weight is 280 g/mol. The van der Waals surface area contributed by atoms with Crippen LogP contribution in [0, 0.1) is 0 Å². The van der Waals surface area contributed by atoms with Gasteiger partial charge in [0.05, 0.1) is 22.7 Å². The molecule has 0 heterocycles. The predicted octanol–water partition coefficient (Wildman–Crippen LogP) is 0.524. The molecule has 20 heavy (non-hydrogen) atoms. The van der Waals surface area contributed by atoms with Crippen LogP contribution in [0.3, 0.4) is 0 Å². The first-order chi connectivity index (χ1) is 9.22. The molecule has 0 radical (unpaired) electrons. The average Bonchev–Trinajstić information content (AvgIpc) is 2.34. The van der Waals surface area contributed by atoms with Gasteiger partial charge in [-0.25, -0.2) is 0 Å². The summed E-state index contributed by atoms with van der Waals surface area (Å²) in [7, 11) is 0. The van der Waals surface area contributed by atoms with Gasteiger partial charge in [-0.3, -0.25) is 0 Å². The lowest BCUT2D eigenvalue weighted by atomic mass is 10.2. The summed E-state index contributed by atoms with van der Waals surface area (Å²) in [6, 6.07) is 4.80. The Hall–Kier alpha value is -3.16. The molecule has 0 amide bonds. The summed E-state index contributed by atoms with van der Waals surface area (Å²) in [6.45, 7) is 0. The molecule has 0 saturated carbocycles. The van der Waals surface area contributed by atoms with Gasteiger partial charge in [0.1, 0.15) is 23.0 Å². The summed E-state index contributed by atoms with van der Waals surface area (Å²) in [4.78, 5) is 0. The van der Waals surface area contributed by atoms with Crippen LogP contribution in [0.4, 0.5) is 22.7 Å². The van der Waals surface area contributed by atoms with Crippen molar-refractivity contribution >= 4 is 22.7 Å². The quantitative estimate of drug-likeness (QED) is 0.195. The molecule has 108 valence electrons. The fraction of sp³-hybridized carbons (Fsp3) is 0. The Kier molecular flexibility index (Phi) is 4.21. The zero-order chi connectivity index (χ0) is 15.4. The maximum Gasteiger partial charge on any atom is 0.144 e. The molecular weight excluding hydrogens is 264 g/mol. The second-order valence-corrected chi connectivity index (χ2v) is 3.94. The van der Waals surface area contributed by atoms with Gasteiger partial charge in [0.2, 0.25) is 0 Å². The molecule has 0 fully saturated rings. The van der Waals surface area contributed by atoms with E-state index in [2.05, 4.69) is 0 Å². The second-order valence-electron chi connectivity index (χ2n) is 3.94. The van der Waals surface area contributed by atoms with Crippen LogP contribution in [0.25, 0.3) is 0 Å². The third kappa shape index (κ3) is 3.42. The molecule has 12 N–H and O–H groups in total. The molecule has 2 aromatic rings. The molecule has 0 aliphatic heterocycles. The van der Waals surface area contributed by atoms with Gasteiger partial charge in [-0.05, 0) is 6.07 Å². The number of benzene rings is 2. The Bertz CT molecular complexity index is 558. The number of hydrogen-bond acceptors (Lipinski definition) is 8. The lowest BCUT2D eigenvalue weighted by molar-refractivity contribution is 0.452. The Labute approximate surface area is 114 Å². The molecule has 0 aliphatic carbocycles. The van der Waals surface area contributed by atoms with Crippen LogP contribution in [-0.2, 0) is 0 Å². The van der Waals surface area contributed by atoms with Gasteiger partial charge >= 0.3 is 0 Å². The molecule has 0 aliphatic rings. The minimum atomic E-state index is -0.197. The fourth-order valence-corrected chi connectivity index (χ4v) is 1.26. The number of phenols is 4. The molecule has 0 aromatic heterocycles. The number of anilines is 4. The van der Waals surface area contributed by atoms with Crippen LogP contribution in [0.15, 0.2) is 24.3 Å². The van der Waals surface area contributed by atoms with Gasteiger partial charge in [0.15, 0.2) is 0 Å². The SMILES string of the molecule is Nc1cc(N)c(O)cc1O.Nc1cc(O)cc(O)c1N. The van der Waals surface area contributed by atoms with Crippen molar-refractivity contribution in [2.24, 2.45) is 0 Å². The molecule has 2 aromatic carbocycles. The van der Waals surface area contributed by atoms with Crippen LogP contribution >= 0.6 is 0 Å². The molecule has 2 rings (SSSR count). The lowest BCUT2D eigenvalue weighted by Gasteiger charge is -2.02. The van der Waals surface area contributed by atoms with E-state index in [1.165, 1.54) is 12.1 Å². The predicted molar refractivity (Wildman–Crippen MR) is 77.2 cm³/mol. The Balaban J connectivity index is 0.000000200. The van der Waals surface area contributed by atoms with Crippen molar-refractivity contribution in [1.82, 2.24) is 0 Å². The van der Waals surface area contributed by atoms with Crippen LogP contribution < -0.4 is 22.9 Å². The second kappa shape index (κ2) is 5.65. The molecule has 8 nitrogen and oxygen atoms in total. The van der Waals surface area contributed by atoms with Crippen LogP contribution in [0.2, 0.25) is 0 Å². The zero-order valence-electron chi connectivity index (χ0n) is 10.4. The van der Waals surface area contributed by atoms with Crippen LogP contribution in [-0.4, -0.2) is 20.4 Å². The lowest BCUT2D eigenvalue weighted by Crippen LogP contribution is -1.93. The molecule has 0 spiro atoms. The highest BCUT2D eigenvalue weighted by molar-refractivity contribution is 5.72. The van der Waals surface area contributed by atoms with E-state index in [0.29, 0.717) is 0 Å². The van der Waals surface area contributed by atoms with Crippen molar-refractivity contribution < 1.29 is 20.4 Å². The first kappa shape index (κ1) is 14.9. The Morgan fingerprint density at radius 2 is 1.05 bits per heavy atom. The van der Waals surface area contributed by atoms with E-state index in [1.54, 1.807) is 0 Å². The highest BCUT2D eigenvalue weighted by Gasteiger charge is 2.02. The first-order valence-corrected chi connectivity index (χ1v) is 5.36. The van der Waals surface area contributed by atoms with Gasteiger partial charge < -0.3 is 43.4 Å². The Morgan fingerprint density at radius 1 is 0.550 bits per heavy atom.